The van der Waals surface area contributed by atoms with Crippen LogP contribution in [0.4, 0.5) is 0 Å². The molecular weight excluding hydrogens is 438 g/mol. The number of rotatable bonds is 6. The summed E-state index contributed by atoms with van der Waals surface area (Å²) in [6, 6.07) is 18.5. The average molecular weight is 472 g/mol. The van der Waals surface area contributed by atoms with Crippen LogP contribution in [-0.2, 0) is 11.3 Å². The molecule has 3 aromatic rings. The van der Waals surface area contributed by atoms with Gasteiger partial charge in [0.05, 0.1) is 24.3 Å². The number of piperidine rings is 1. The highest BCUT2D eigenvalue weighted by molar-refractivity contribution is 6.06. The van der Waals surface area contributed by atoms with Gasteiger partial charge >= 0.3 is 0 Å². The van der Waals surface area contributed by atoms with Gasteiger partial charge in [-0.15, -0.1) is 0 Å². The number of fused-ring (bicyclic) bond motifs is 1. The van der Waals surface area contributed by atoms with Crippen LogP contribution in [0, 0.1) is 0 Å². The molecule has 3 fully saturated rings. The molecule has 6 heteroatoms. The first-order valence-corrected chi connectivity index (χ1v) is 13.0. The van der Waals surface area contributed by atoms with Crippen molar-refractivity contribution < 1.29 is 14.3 Å². The highest BCUT2D eigenvalue weighted by atomic mass is 16.5. The van der Waals surface area contributed by atoms with Crippen molar-refractivity contribution in [3.8, 4) is 5.75 Å². The Hall–Kier alpha value is -2.96. The molecule has 1 aromatic heterocycles. The van der Waals surface area contributed by atoms with Gasteiger partial charge in [0, 0.05) is 62.6 Å². The monoisotopic (exact) mass is 471 g/mol. The summed E-state index contributed by atoms with van der Waals surface area (Å²) in [5.74, 6) is 1.57. The smallest absolute Gasteiger partial charge is 0.254 e. The van der Waals surface area contributed by atoms with E-state index in [2.05, 4.69) is 23.1 Å². The van der Waals surface area contributed by atoms with E-state index in [1.807, 2.05) is 41.3 Å². The Morgan fingerprint density at radius 3 is 2.54 bits per heavy atom. The Labute approximate surface area is 206 Å². The third kappa shape index (κ3) is 5.19. The first-order valence-electron chi connectivity index (χ1n) is 13.0. The second kappa shape index (κ2) is 9.96. The maximum atomic E-state index is 13.6. The lowest BCUT2D eigenvalue weighted by atomic mass is 10.0. The fourth-order valence-electron chi connectivity index (χ4n) is 5.24. The van der Waals surface area contributed by atoms with Gasteiger partial charge in [0.2, 0.25) is 0 Å². The van der Waals surface area contributed by atoms with Crippen LogP contribution >= 0.6 is 0 Å². The van der Waals surface area contributed by atoms with Crippen LogP contribution in [0.2, 0.25) is 0 Å². The molecule has 0 bridgehead atoms. The number of pyridine rings is 1. The van der Waals surface area contributed by atoms with Gasteiger partial charge in [0.1, 0.15) is 11.9 Å². The summed E-state index contributed by atoms with van der Waals surface area (Å²) in [6.07, 6.45) is 4.18. The van der Waals surface area contributed by atoms with Crippen molar-refractivity contribution in [3.05, 3.63) is 71.4 Å². The number of morpholine rings is 1. The Kier molecular flexibility index (Phi) is 6.40. The van der Waals surface area contributed by atoms with Gasteiger partial charge in [-0.05, 0) is 42.7 Å². The van der Waals surface area contributed by atoms with Crippen LogP contribution in [0.15, 0.2) is 54.6 Å². The Bertz CT molecular complexity index is 1190. The van der Waals surface area contributed by atoms with E-state index in [0.29, 0.717) is 19.0 Å². The molecule has 0 radical (unpaired) electrons. The van der Waals surface area contributed by atoms with Gasteiger partial charge in [0.25, 0.3) is 5.91 Å². The molecule has 1 aliphatic carbocycles. The fourth-order valence-corrected chi connectivity index (χ4v) is 5.24. The molecule has 35 heavy (non-hydrogen) atoms. The van der Waals surface area contributed by atoms with Crippen molar-refractivity contribution >= 4 is 16.8 Å². The largest absolute Gasteiger partial charge is 0.490 e. The van der Waals surface area contributed by atoms with E-state index in [4.69, 9.17) is 14.5 Å². The van der Waals surface area contributed by atoms with Crippen LogP contribution in [-0.4, -0.2) is 66.2 Å². The number of likely N-dealkylation sites (tertiary alicyclic amines) is 1. The van der Waals surface area contributed by atoms with Crippen molar-refractivity contribution in [2.45, 2.75) is 44.2 Å². The summed E-state index contributed by atoms with van der Waals surface area (Å²) in [7, 11) is 0. The zero-order chi connectivity index (χ0) is 23.6. The predicted octanol–water partition coefficient (Wildman–Crippen LogP) is 4.63. The molecule has 0 unspecified atom stereocenters. The summed E-state index contributed by atoms with van der Waals surface area (Å²) in [5.41, 5.74) is 4.07. The topological polar surface area (TPSA) is 54.9 Å². The predicted molar refractivity (Wildman–Crippen MR) is 136 cm³/mol. The van der Waals surface area contributed by atoms with E-state index < -0.39 is 0 Å². The number of carbonyl (C=O) groups is 1. The van der Waals surface area contributed by atoms with Crippen LogP contribution in [0.1, 0.15) is 53.2 Å². The summed E-state index contributed by atoms with van der Waals surface area (Å²) < 4.78 is 11.8. The van der Waals surface area contributed by atoms with Crippen molar-refractivity contribution in [2.75, 3.05) is 39.4 Å². The number of para-hydroxylation sites is 1. The third-order valence-corrected chi connectivity index (χ3v) is 7.40. The lowest BCUT2D eigenvalue weighted by Gasteiger charge is -2.32. The van der Waals surface area contributed by atoms with Gasteiger partial charge in [-0.25, -0.2) is 0 Å². The lowest BCUT2D eigenvalue weighted by molar-refractivity contribution is 0.0341. The first-order chi connectivity index (χ1) is 17.2. The number of amides is 1. The van der Waals surface area contributed by atoms with Crippen molar-refractivity contribution in [2.24, 2.45) is 0 Å². The number of benzene rings is 2. The fraction of sp³-hybridized carbons (Fsp3) is 0.448. The standard InChI is InChI=1S/C29H33N3O3/c33-29(26-19-28(22-8-9-22)30-27-7-2-1-6-25(26)27)32-12-10-23(11-13-32)35-24-5-3-4-21(18-24)20-31-14-16-34-17-15-31/h1-7,18-19,22-23H,8-17,20H2. The molecule has 0 spiro atoms. The van der Waals surface area contributed by atoms with Crippen molar-refractivity contribution in [1.82, 2.24) is 14.8 Å². The zero-order valence-electron chi connectivity index (χ0n) is 20.2. The van der Waals surface area contributed by atoms with E-state index in [1.54, 1.807) is 0 Å². The molecular formula is C29H33N3O3. The minimum atomic E-state index is 0.122. The Morgan fingerprint density at radius 2 is 1.74 bits per heavy atom. The molecule has 0 N–H and O–H groups in total. The molecule has 1 saturated carbocycles. The van der Waals surface area contributed by atoms with Gasteiger partial charge in [-0.1, -0.05) is 30.3 Å². The quantitative estimate of drug-likeness (QED) is 0.525. The maximum Gasteiger partial charge on any atom is 0.254 e. The lowest BCUT2D eigenvalue weighted by Crippen LogP contribution is -2.42. The number of ether oxygens (including phenoxy) is 2. The summed E-state index contributed by atoms with van der Waals surface area (Å²) in [4.78, 5) is 22.8. The number of hydrogen-bond donors (Lipinski definition) is 0. The van der Waals surface area contributed by atoms with Crippen LogP contribution in [0.25, 0.3) is 10.9 Å². The van der Waals surface area contributed by atoms with Crippen LogP contribution < -0.4 is 4.74 Å². The molecule has 3 heterocycles. The van der Waals surface area contributed by atoms with Gasteiger partial charge in [0.15, 0.2) is 0 Å². The normalized spacial score (nSPS) is 19.7. The van der Waals surface area contributed by atoms with E-state index in [9.17, 15) is 4.79 Å². The Morgan fingerprint density at radius 1 is 0.943 bits per heavy atom. The van der Waals surface area contributed by atoms with Crippen molar-refractivity contribution in [1.29, 1.82) is 0 Å². The van der Waals surface area contributed by atoms with Gasteiger partial charge in [-0.3, -0.25) is 14.7 Å². The second-order valence-electron chi connectivity index (χ2n) is 10.0. The number of aromatic nitrogens is 1. The van der Waals surface area contributed by atoms with E-state index >= 15 is 0 Å². The van der Waals surface area contributed by atoms with E-state index in [1.165, 1.54) is 18.4 Å². The third-order valence-electron chi connectivity index (χ3n) is 7.40. The molecule has 2 saturated heterocycles. The highest BCUT2D eigenvalue weighted by Crippen LogP contribution is 2.40. The molecule has 0 atom stereocenters. The second-order valence-corrected chi connectivity index (χ2v) is 10.0. The van der Waals surface area contributed by atoms with Gasteiger partial charge < -0.3 is 14.4 Å². The summed E-state index contributed by atoms with van der Waals surface area (Å²) >= 11 is 0. The summed E-state index contributed by atoms with van der Waals surface area (Å²) in [6.45, 7) is 5.93. The van der Waals surface area contributed by atoms with Gasteiger partial charge in [-0.2, -0.15) is 0 Å². The molecule has 6 rings (SSSR count). The van der Waals surface area contributed by atoms with Crippen LogP contribution in [0.5, 0.6) is 5.75 Å². The van der Waals surface area contributed by atoms with E-state index in [0.717, 1.165) is 73.6 Å². The number of carbonyl (C=O) groups excluding carboxylic acids is 1. The molecule has 6 nitrogen and oxygen atoms in total. The van der Waals surface area contributed by atoms with Crippen LogP contribution in [0.3, 0.4) is 0 Å². The minimum absolute atomic E-state index is 0.122. The zero-order valence-corrected chi connectivity index (χ0v) is 20.2. The Balaban J connectivity index is 1.09. The highest BCUT2D eigenvalue weighted by Gasteiger charge is 2.29. The first kappa shape index (κ1) is 22.5. The molecule has 3 aliphatic rings. The maximum absolute atomic E-state index is 13.6. The molecule has 2 aromatic carbocycles. The SMILES string of the molecule is O=C(c1cc(C2CC2)nc2ccccc12)N1CCC(Oc2cccc(CN3CCOCC3)c2)CC1. The molecule has 1 amide bonds. The van der Waals surface area contributed by atoms with E-state index in [-0.39, 0.29) is 12.0 Å². The molecule has 182 valence electrons. The summed E-state index contributed by atoms with van der Waals surface area (Å²) in [5, 5.41) is 0.956. The number of nitrogens with zero attached hydrogens (tertiary/aromatic N) is 3. The number of hydrogen-bond acceptors (Lipinski definition) is 5. The average Bonchev–Trinajstić information content (AvgIpc) is 3.75. The molecule has 2 aliphatic heterocycles. The minimum Gasteiger partial charge on any atom is -0.490 e. The van der Waals surface area contributed by atoms with Crippen molar-refractivity contribution in [3.63, 3.8) is 0 Å².